The Morgan fingerprint density at radius 3 is 2.61 bits per heavy atom. The van der Waals surface area contributed by atoms with E-state index in [1.165, 1.54) is 0 Å². The highest BCUT2D eigenvalue weighted by molar-refractivity contribution is 6.12. The molecule has 6 nitrogen and oxygen atoms in total. The summed E-state index contributed by atoms with van der Waals surface area (Å²) in [5.74, 6) is 1.58. The predicted octanol–water partition coefficient (Wildman–Crippen LogP) is 5.84. The third-order valence-electron chi connectivity index (χ3n) is 4.89. The molecule has 0 fully saturated rings. The third kappa shape index (κ3) is 4.43. The zero-order chi connectivity index (χ0) is 22.0. The first-order valence-corrected chi connectivity index (χ1v) is 10.3. The summed E-state index contributed by atoms with van der Waals surface area (Å²) in [6.07, 6.45) is 0. The average Bonchev–Trinajstić information content (AvgIpc) is 3.22. The molecule has 0 atom stereocenters. The van der Waals surface area contributed by atoms with Crippen molar-refractivity contribution in [3.05, 3.63) is 72.0 Å². The number of anilines is 1. The van der Waals surface area contributed by atoms with Gasteiger partial charge in [0.15, 0.2) is 5.82 Å². The number of aromatic nitrogens is 2. The van der Waals surface area contributed by atoms with Crippen molar-refractivity contribution < 1.29 is 14.1 Å². The number of nitrogens with one attached hydrogen (secondary N) is 1. The van der Waals surface area contributed by atoms with E-state index in [0.717, 1.165) is 22.2 Å². The fourth-order valence-electron chi connectivity index (χ4n) is 3.29. The molecule has 0 aliphatic carbocycles. The number of carbonyl (C=O) groups excluding carboxylic acids is 1. The second-order valence-corrected chi connectivity index (χ2v) is 8.31. The van der Waals surface area contributed by atoms with Crippen LogP contribution in [0.5, 0.6) is 5.75 Å². The molecule has 4 aromatic rings. The molecule has 31 heavy (non-hydrogen) atoms. The van der Waals surface area contributed by atoms with Gasteiger partial charge in [-0.3, -0.25) is 4.79 Å². The third-order valence-corrected chi connectivity index (χ3v) is 4.89. The van der Waals surface area contributed by atoms with E-state index < -0.39 is 0 Å². The second-order valence-electron chi connectivity index (χ2n) is 8.31. The molecule has 6 heteroatoms. The zero-order valence-electron chi connectivity index (χ0n) is 18.1. The highest BCUT2D eigenvalue weighted by Crippen LogP contribution is 2.29. The van der Waals surface area contributed by atoms with Crippen LogP contribution in [-0.2, 0) is 5.41 Å². The van der Waals surface area contributed by atoms with E-state index in [-0.39, 0.29) is 11.3 Å². The van der Waals surface area contributed by atoms with Crippen LogP contribution in [-0.4, -0.2) is 22.7 Å². The Morgan fingerprint density at radius 2 is 1.87 bits per heavy atom. The molecule has 0 spiro atoms. The molecule has 1 N–H and O–H groups in total. The Bertz CT molecular complexity index is 1240. The Morgan fingerprint density at radius 1 is 1.06 bits per heavy atom. The van der Waals surface area contributed by atoms with Gasteiger partial charge in [-0.15, -0.1) is 0 Å². The Hall–Kier alpha value is -3.67. The van der Waals surface area contributed by atoms with Crippen molar-refractivity contribution in [1.29, 1.82) is 0 Å². The van der Waals surface area contributed by atoms with Crippen LogP contribution in [0.1, 0.15) is 43.8 Å². The van der Waals surface area contributed by atoms with Gasteiger partial charge in [-0.05, 0) is 31.2 Å². The van der Waals surface area contributed by atoms with Crippen LogP contribution in [0.3, 0.4) is 0 Å². The standard InChI is InChI=1S/C25H25N3O3/c1-5-30-17-10-8-9-16(13-17)21-14-19(18-11-6-7-12-20(18)26-21)24(29)27-23-15-22(31-28-23)25(2,3)4/h6-15H,5H2,1-4H3,(H,27,28,29). The molecule has 0 aliphatic heterocycles. The molecule has 2 aromatic carbocycles. The van der Waals surface area contributed by atoms with E-state index in [9.17, 15) is 4.79 Å². The molecule has 0 radical (unpaired) electrons. The van der Waals surface area contributed by atoms with Crippen LogP contribution in [0.4, 0.5) is 5.82 Å². The Balaban J connectivity index is 1.74. The maximum atomic E-state index is 13.2. The molecular formula is C25H25N3O3. The topological polar surface area (TPSA) is 77.2 Å². The largest absolute Gasteiger partial charge is 0.494 e. The second kappa shape index (κ2) is 8.22. The van der Waals surface area contributed by atoms with Gasteiger partial charge in [0.05, 0.1) is 23.4 Å². The van der Waals surface area contributed by atoms with E-state index >= 15 is 0 Å². The van der Waals surface area contributed by atoms with Crippen molar-refractivity contribution in [3.8, 4) is 17.0 Å². The van der Waals surface area contributed by atoms with E-state index in [4.69, 9.17) is 14.2 Å². The minimum atomic E-state index is -0.269. The molecule has 2 heterocycles. The van der Waals surface area contributed by atoms with E-state index in [2.05, 4.69) is 10.5 Å². The van der Waals surface area contributed by atoms with Gasteiger partial charge < -0.3 is 14.6 Å². The SMILES string of the molecule is CCOc1cccc(-c2cc(C(=O)Nc3cc(C(C)(C)C)on3)c3ccccc3n2)c1. The normalized spacial score (nSPS) is 11.5. The number of amides is 1. The summed E-state index contributed by atoms with van der Waals surface area (Å²) in [4.78, 5) is 18.0. The van der Waals surface area contributed by atoms with Crippen LogP contribution in [0.25, 0.3) is 22.2 Å². The number of pyridine rings is 1. The van der Waals surface area contributed by atoms with Crippen LogP contribution < -0.4 is 10.1 Å². The minimum Gasteiger partial charge on any atom is -0.494 e. The number of nitrogens with zero attached hydrogens (tertiary/aromatic N) is 2. The lowest BCUT2D eigenvalue weighted by atomic mass is 9.93. The van der Waals surface area contributed by atoms with E-state index in [1.807, 2.05) is 76.2 Å². The van der Waals surface area contributed by atoms with Gasteiger partial charge in [-0.1, -0.05) is 56.3 Å². The van der Waals surface area contributed by atoms with Crippen LogP contribution >= 0.6 is 0 Å². The summed E-state index contributed by atoms with van der Waals surface area (Å²) >= 11 is 0. The van der Waals surface area contributed by atoms with Crippen LogP contribution in [0.2, 0.25) is 0 Å². The van der Waals surface area contributed by atoms with Gasteiger partial charge in [0, 0.05) is 22.4 Å². The number of hydrogen-bond donors (Lipinski definition) is 1. The number of ether oxygens (including phenoxy) is 1. The molecule has 158 valence electrons. The minimum absolute atomic E-state index is 0.196. The van der Waals surface area contributed by atoms with Crippen molar-refractivity contribution >= 4 is 22.6 Å². The predicted molar refractivity (Wildman–Crippen MR) is 122 cm³/mol. The van der Waals surface area contributed by atoms with Crippen LogP contribution in [0.15, 0.2) is 65.2 Å². The fraction of sp³-hybridized carbons (Fsp3) is 0.240. The summed E-state index contributed by atoms with van der Waals surface area (Å²) in [5, 5.41) is 7.63. The van der Waals surface area contributed by atoms with Crippen molar-refractivity contribution in [2.45, 2.75) is 33.1 Å². The Labute approximate surface area is 181 Å². The van der Waals surface area contributed by atoms with Gasteiger partial charge in [-0.2, -0.15) is 0 Å². The molecule has 0 saturated carbocycles. The first kappa shape index (κ1) is 20.6. The van der Waals surface area contributed by atoms with Crippen molar-refractivity contribution in [1.82, 2.24) is 10.1 Å². The van der Waals surface area contributed by atoms with Gasteiger partial charge in [0.1, 0.15) is 11.5 Å². The quantitative estimate of drug-likeness (QED) is 0.443. The highest BCUT2D eigenvalue weighted by atomic mass is 16.5. The molecule has 2 aromatic heterocycles. The summed E-state index contributed by atoms with van der Waals surface area (Å²) in [7, 11) is 0. The zero-order valence-corrected chi connectivity index (χ0v) is 18.1. The molecular weight excluding hydrogens is 390 g/mol. The molecule has 0 saturated heterocycles. The first-order chi connectivity index (χ1) is 14.8. The molecule has 0 aliphatic rings. The van der Waals surface area contributed by atoms with Crippen molar-refractivity contribution in [2.24, 2.45) is 0 Å². The lowest BCUT2D eigenvalue weighted by molar-refractivity contribution is 0.102. The van der Waals surface area contributed by atoms with Gasteiger partial charge in [0.25, 0.3) is 5.91 Å². The number of hydrogen-bond acceptors (Lipinski definition) is 5. The lowest BCUT2D eigenvalue weighted by Gasteiger charge is -2.12. The maximum absolute atomic E-state index is 13.2. The van der Waals surface area contributed by atoms with Gasteiger partial charge in [-0.25, -0.2) is 4.98 Å². The Kier molecular flexibility index (Phi) is 5.46. The molecule has 1 amide bonds. The number of rotatable bonds is 5. The van der Waals surface area contributed by atoms with E-state index in [0.29, 0.717) is 29.4 Å². The molecule has 4 rings (SSSR count). The smallest absolute Gasteiger partial charge is 0.257 e. The molecule has 0 unspecified atom stereocenters. The number of para-hydroxylation sites is 1. The van der Waals surface area contributed by atoms with Gasteiger partial charge >= 0.3 is 0 Å². The first-order valence-electron chi connectivity index (χ1n) is 10.3. The van der Waals surface area contributed by atoms with Gasteiger partial charge in [0.2, 0.25) is 0 Å². The summed E-state index contributed by atoms with van der Waals surface area (Å²) in [5.41, 5.74) is 2.63. The number of benzene rings is 2. The van der Waals surface area contributed by atoms with Crippen molar-refractivity contribution in [2.75, 3.05) is 11.9 Å². The molecule has 0 bridgehead atoms. The van der Waals surface area contributed by atoms with E-state index in [1.54, 1.807) is 12.1 Å². The fourth-order valence-corrected chi connectivity index (χ4v) is 3.29. The number of carbonyl (C=O) groups is 1. The summed E-state index contributed by atoms with van der Waals surface area (Å²) in [6, 6.07) is 18.8. The monoisotopic (exact) mass is 415 g/mol. The highest BCUT2D eigenvalue weighted by Gasteiger charge is 2.21. The average molecular weight is 415 g/mol. The van der Waals surface area contributed by atoms with Crippen molar-refractivity contribution in [3.63, 3.8) is 0 Å². The number of fused-ring (bicyclic) bond motifs is 1. The summed E-state index contributed by atoms with van der Waals surface area (Å²) in [6.45, 7) is 8.60. The van der Waals surface area contributed by atoms with Crippen LogP contribution in [0, 0.1) is 0 Å². The maximum Gasteiger partial charge on any atom is 0.257 e. The lowest BCUT2D eigenvalue weighted by Crippen LogP contribution is -2.13. The summed E-state index contributed by atoms with van der Waals surface area (Å²) < 4.78 is 11.0.